The summed E-state index contributed by atoms with van der Waals surface area (Å²) in [6, 6.07) is 55.8. The van der Waals surface area contributed by atoms with Crippen LogP contribution in [0, 0.1) is 56.7 Å². The van der Waals surface area contributed by atoms with Gasteiger partial charge in [0.1, 0.15) is 6.07 Å². The lowest BCUT2D eigenvalue weighted by Gasteiger charge is -2.21. The minimum absolute atomic E-state index is 0.102. The van der Waals surface area contributed by atoms with Crippen LogP contribution in [0.4, 0.5) is 13.2 Å². The first-order valence-electron chi connectivity index (χ1n) is 19.9. The standard InChI is InChI=1S/C54H26F3N7/c55-54(56,57)47-10-4-1-7-41(47)46-26-50(63-48-11-5-2-8-42(48)44-19-15-34(23-51(44)63)39-17-13-32(27-58)21-36(39)29-60)38(31-62)25-53(46)64-49-12-6-3-9-43(49)45-20-16-35(24-52(45)64)40-18-14-33(28-59)22-37(40)30-61/h1-26H. The van der Waals surface area contributed by atoms with Gasteiger partial charge in [0.15, 0.2) is 0 Å². The molecule has 10 aromatic rings. The van der Waals surface area contributed by atoms with E-state index in [2.05, 4.69) is 30.3 Å². The average Bonchev–Trinajstić information content (AvgIpc) is 3.84. The number of hydrogen-bond acceptors (Lipinski definition) is 5. The van der Waals surface area contributed by atoms with E-state index in [1.807, 2.05) is 94.1 Å². The second kappa shape index (κ2) is 14.9. The van der Waals surface area contributed by atoms with Crippen LogP contribution in [-0.4, -0.2) is 9.13 Å². The van der Waals surface area contributed by atoms with Gasteiger partial charge in [0, 0.05) is 27.1 Å². The molecule has 2 aromatic heterocycles. The predicted octanol–water partition coefficient (Wildman–Crippen LogP) is 13.3. The van der Waals surface area contributed by atoms with Gasteiger partial charge in [-0.1, -0.05) is 91.0 Å². The van der Waals surface area contributed by atoms with Crippen molar-refractivity contribution in [2.45, 2.75) is 6.18 Å². The van der Waals surface area contributed by atoms with Crippen LogP contribution < -0.4 is 0 Å². The highest BCUT2D eigenvalue weighted by Gasteiger charge is 2.35. The molecule has 0 amide bonds. The highest BCUT2D eigenvalue weighted by Crippen LogP contribution is 2.45. The van der Waals surface area contributed by atoms with E-state index in [1.54, 1.807) is 42.5 Å². The fourth-order valence-electron chi connectivity index (χ4n) is 8.93. The third kappa shape index (κ3) is 6.09. The summed E-state index contributed by atoms with van der Waals surface area (Å²) < 4.78 is 49.3. The second-order valence-electron chi connectivity index (χ2n) is 15.2. The number of fused-ring (bicyclic) bond motifs is 6. The summed E-state index contributed by atoms with van der Waals surface area (Å²) in [7, 11) is 0. The van der Waals surface area contributed by atoms with Crippen molar-refractivity contribution in [2.75, 3.05) is 0 Å². The summed E-state index contributed by atoms with van der Waals surface area (Å²) in [4.78, 5) is 0. The Morgan fingerprint density at radius 1 is 0.359 bits per heavy atom. The number of nitrogens with zero attached hydrogens (tertiary/aromatic N) is 7. The van der Waals surface area contributed by atoms with Crippen LogP contribution in [0.5, 0.6) is 0 Å². The molecule has 0 saturated carbocycles. The first kappa shape index (κ1) is 38.8. The van der Waals surface area contributed by atoms with E-state index in [1.165, 1.54) is 24.3 Å². The summed E-state index contributed by atoms with van der Waals surface area (Å²) in [6.45, 7) is 0. The smallest absolute Gasteiger partial charge is 0.309 e. The molecule has 0 aliphatic carbocycles. The molecule has 0 fully saturated rings. The van der Waals surface area contributed by atoms with Crippen LogP contribution in [0.2, 0.25) is 0 Å². The molecular weight excluding hydrogens is 804 g/mol. The largest absolute Gasteiger partial charge is 0.417 e. The summed E-state index contributed by atoms with van der Waals surface area (Å²) >= 11 is 0. The Balaban J connectivity index is 1.32. The van der Waals surface area contributed by atoms with Gasteiger partial charge in [0.05, 0.1) is 91.1 Å². The molecule has 2 heterocycles. The zero-order chi connectivity index (χ0) is 44.3. The number of para-hydroxylation sites is 2. The molecule has 10 rings (SSSR count). The Morgan fingerprint density at radius 2 is 0.828 bits per heavy atom. The SMILES string of the molecule is N#Cc1ccc(-c2ccc3c4ccccc4n(-c4cc(-c5ccccc5C(F)(F)F)c(-n5c6ccccc6c6ccc(-c7ccc(C#N)cc7C#N)cc65)cc4C#N)c3c2)c(C#N)c1. The van der Waals surface area contributed by atoms with Crippen molar-refractivity contribution >= 4 is 43.6 Å². The number of hydrogen-bond donors (Lipinski definition) is 0. The maximum absolute atomic E-state index is 15.2. The molecule has 0 radical (unpaired) electrons. The molecule has 0 unspecified atom stereocenters. The van der Waals surface area contributed by atoms with Crippen molar-refractivity contribution in [1.82, 2.24) is 9.13 Å². The Bertz CT molecular complexity index is 3850. The quantitative estimate of drug-likeness (QED) is 0.171. The Hall–Kier alpha value is -9.40. The Labute approximate surface area is 363 Å². The van der Waals surface area contributed by atoms with Gasteiger partial charge in [0.2, 0.25) is 0 Å². The van der Waals surface area contributed by atoms with Crippen molar-refractivity contribution in [2.24, 2.45) is 0 Å². The predicted molar refractivity (Wildman–Crippen MR) is 240 cm³/mol. The van der Waals surface area contributed by atoms with Crippen LogP contribution in [0.25, 0.3) is 88.4 Å². The fourth-order valence-corrected chi connectivity index (χ4v) is 8.93. The van der Waals surface area contributed by atoms with E-state index >= 15 is 13.2 Å². The molecule has 10 heteroatoms. The molecule has 0 spiro atoms. The summed E-state index contributed by atoms with van der Waals surface area (Å²) in [5, 5.41) is 53.7. The number of aromatic nitrogens is 2. The van der Waals surface area contributed by atoms with Gasteiger partial charge < -0.3 is 9.13 Å². The molecular formula is C54H26F3N7. The molecule has 0 aliphatic rings. The number of halogens is 3. The van der Waals surface area contributed by atoms with Gasteiger partial charge in [-0.25, -0.2) is 0 Å². The van der Waals surface area contributed by atoms with Crippen LogP contribution in [0.3, 0.4) is 0 Å². The van der Waals surface area contributed by atoms with Crippen molar-refractivity contribution in [3.8, 4) is 75.1 Å². The topological polar surface area (TPSA) is 129 Å². The number of alkyl halides is 3. The van der Waals surface area contributed by atoms with Crippen molar-refractivity contribution in [3.05, 3.63) is 191 Å². The molecule has 298 valence electrons. The minimum Gasteiger partial charge on any atom is -0.309 e. The van der Waals surface area contributed by atoms with Crippen LogP contribution in [-0.2, 0) is 6.18 Å². The molecule has 7 nitrogen and oxygen atoms in total. The van der Waals surface area contributed by atoms with E-state index in [-0.39, 0.29) is 22.3 Å². The van der Waals surface area contributed by atoms with Crippen LogP contribution in [0.15, 0.2) is 158 Å². The van der Waals surface area contributed by atoms with E-state index in [0.717, 1.165) is 27.6 Å². The van der Waals surface area contributed by atoms with Crippen LogP contribution in [0.1, 0.15) is 33.4 Å². The summed E-state index contributed by atoms with van der Waals surface area (Å²) in [6.07, 6.45) is -4.75. The Morgan fingerprint density at radius 3 is 1.33 bits per heavy atom. The molecule has 0 aliphatic heterocycles. The lowest BCUT2D eigenvalue weighted by molar-refractivity contribution is -0.137. The van der Waals surface area contributed by atoms with Crippen molar-refractivity contribution in [3.63, 3.8) is 0 Å². The van der Waals surface area contributed by atoms with Gasteiger partial charge in [-0.3, -0.25) is 0 Å². The van der Waals surface area contributed by atoms with Gasteiger partial charge in [-0.15, -0.1) is 0 Å². The average molecular weight is 830 g/mol. The molecule has 0 N–H and O–H groups in total. The highest BCUT2D eigenvalue weighted by atomic mass is 19.4. The van der Waals surface area contributed by atoms with E-state index in [9.17, 15) is 26.3 Å². The third-order valence-electron chi connectivity index (χ3n) is 11.7. The summed E-state index contributed by atoms with van der Waals surface area (Å²) in [5.41, 5.74) is 6.42. The third-order valence-corrected chi connectivity index (χ3v) is 11.7. The monoisotopic (exact) mass is 829 g/mol. The highest BCUT2D eigenvalue weighted by molar-refractivity contribution is 6.12. The van der Waals surface area contributed by atoms with Crippen molar-refractivity contribution < 1.29 is 13.2 Å². The number of rotatable bonds is 5. The lowest BCUT2D eigenvalue weighted by Crippen LogP contribution is -2.09. The normalized spacial score (nSPS) is 11.3. The number of benzene rings is 8. The molecule has 0 bridgehead atoms. The molecule has 8 aromatic carbocycles. The lowest BCUT2D eigenvalue weighted by atomic mass is 9.94. The minimum atomic E-state index is -4.75. The summed E-state index contributed by atoms with van der Waals surface area (Å²) in [5.74, 6) is 0. The maximum atomic E-state index is 15.2. The zero-order valence-corrected chi connectivity index (χ0v) is 33.3. The first-order chi connectivity index (χ1) is 31.1. The first-order valence-corrected chi connectivity index (χ1v) is 19.9. The molecule has 0 saturated heterocycles. The molecule has 0 atom stereocenters. The van der Waals surface area contributed by atoms with E-state index < -0.39 is 11.7 Å². The Kier molecular flexibility index (Phi) is 9.06. The second-order valence-corrected chi connectivity index (χ2v) is 15.2. The fraction of sp³-hybridized carbons (Fsp3) is 0.0185. The zero-order valence-electron chi connectivity index (χ0n) is 33.3. The number of nitriles is 5. The van der Waals surface area contributed by atoms with Crippen molar-refractivity contribution in [1.29, 1.82) is 26.3 Å². The van der Waals surface area contributed by atoms with Gasteiger partial charge in [-0.2, -0.15) is 39.5 Å². The maximum Gasteiger partial charge on any atom is 0.417 e. The van der Waals surface area contributed by atoms with E-state index in [0.29, 0.717) is 72.4 Å². The molecule has 64 heavy (non-hydrogen) atoms. The van der Waals surface area contributed by atoms with Gasteiger partial charge in [0.25, 0.3) is 0 Å². The van der Waals surface area contributed by atoms with Gasteiger partial charge in [-0.05, 0) is 94.5 Å². The van der Waals surface area contributed by atoms with E-state index in [4.69, 9.17) is 0 Å². The van der Waals surface area contributed by atoms with Gasteiger partial charge >= 0.3 is 6.18 Å². The van der Waals surface area contributed by atoms with Crippen LogP contribution >= 0.6 is 0 Å².